The van der Waals surface area contributed by atoms with Crippen molar-refractivity contribution in [3.05, 3.63) is 76.8 Å². The summed E-state index contributed by atoms with van der Waals surface area (Å²) in [5.74, 6) is 0.494. The van der Waals surface area contributed by atoms with Gasteiger partial charge in [-0.05, 0) is 45.3 Å². The summed E-state index contributed by atoms with van der Waals surface area (Å²) in [7, 11) is 0. The maximum atomic E-state index is 6.35. The third-order valence-corrected chi connectivity index (χ3v) is 6.54. The first-order chi connectivity index (χ1) is 12.8. The lowest BCUT2D eigenvalue weighted by Crippen LogP contribution is -1.91. The van der Waals surface area contributed by atoms with Gasteiger partial charge in [-0.25, -0.2) is 4.98 Å². The summed E-state index contributed by atoms with van der Waals surface area (Å²) in [6.45, 7) is 0. The van der Waals surface area contributed by atoms with E-state index in [4.69, 9.17) is 16.6 Å². The number of hydrogen-bond acceptors (Lipinski definition) is 2. The summed E-state index contributed by atoms with van der Waals surface area (Å²) in [6.07, 6.45) is 0. The first-order valence-corrected chi connectivity index (χ1v) is 10.5. The largest absolute Gasteiger partial charge is 0.236 e. The molecule has 0 N–H and O–H groups in total. The van der Waals surface area contributed by atoms with E-state index in [-0.39, 0.29) is 0 Å². The SMILES string of the molecule is ClCc1c2ccccc2c(-c2nc3ccc(Br)cc3s2)c2ccccc12. The smallest absolute Gasteiger partial charge is 0.125 e. The molecule has 4 heteroatoms. The van der Waals surface area contributed by atoms with Crippen LogP contribution in [-0.4, -0.2) is 4.98 Å². The van der Waals surface area contributed by atoms with Gasteiger partial charge < -0.3 is 0 Å². The standard InChI is InChI=1S/C22H13BrClNS/c23-13-9-10-19-20(11-13)26-22(25-19)21-16-7-3-1-5-14(16)18(12-24)15-6-2-4-8-17(15)21/h1-11H,12H2. The van der Waals surface area contributed by atoms with Crippen LogP contribution in [0.3, 0.4) is 0 Å². The zero-order valence-corrected chi connectivity index (χ0v) is 16.8. The number of halogens is 2. The Morgan fingerprint density at radius 1 is 0.846 bits per heavy atom. The highest BCUT2D eigenvalue weighted by Crippen LogP contribution is 2.42. The molecule has 1 nitrogen and oxygen atoms in total. The molecule has 0 spiro atoms. The van der Waals surface area contributed by atoms with Gasteiger partial charge in [0.15, 0.2) is 0 Å². The Morgan fingerprint density at radius 2 is 1.46 bits per heavy atom. The molecular weight excluding hydrogens is 426 g/mol. The zero-order chi connectivity index (χ0) is 17.7. The Kier molecular flexibility index (Phi) is 3.96. The average Bonchev–Trinajstić information content (AvgIpc) is 3.08. The van der Waals surface area contributed by atoms with Crippen LogP contribution in [-0.2, 0) is 5.88 Å². The third-order valence-electron chi connectivity index (χ3n) is 4.74. The van der Waals surface area contributed by atoms with E-state index in [1.165, 1.54) is 37.4 Å². The molecule has 4 aromatic carbocycles. The maximum absolute atomic E-state index is 6.35. The Hall–Kier alpha value is -1.94. The number of alkyl halides is 1. The Morgan fingerprint density at radius 3 is 2.08 bits per heavy atom. The fourth-order valence-corrected chi connectivity index (χ4v) is 5.48. The van der Waals surface area contributed by atoms with Gasteiger partial charge in [0.2, 0.25) is 0 Å². The van der Waals surface area contributed by atoms with Crippen LogP contribution in [0, 0.1) is 0 Å². The van der Waals surface area contributed by atoms with Crippen molar-refractivity contribution in [2.75, 3.05) is 0 Å². The number of rotatable bonds is 2. The summed E-state index contributed by atoms with van der Waals surface area (Å²) in [6, 6.07) is 23.2. The zero-order valence-electron chi connectivity index (χ0n) is 13.7. The quantitative estimate of drug-likeness (QED) is 0.202. The van der Waals surface area contributed by atoms with Crippen molar-refractivity contribution in [2.24, 2.45) is 0 Å². The number of nitrogens with zero attached hydrogens (tertiary/aromatic N) is 1. The van der Waals surface area contributed by atoms with Crippen molar-refractivity contribution in [3.63, 3.8) is 0 Å². The fraction of sp³-hybridized carbons (Fsp3) is 0.0455. The van der Waals surface area contributed by atoms with Crippen LogP contribution >= 0.6 is 38.9 Å². The van der Waals surface area contributed by atoms with Gasteiger partial charge in [-0.15, -0.1) is 22.9 Å². The van der Waals surface area contributed by atoms with Crippen molar-refractivity contribution < 1.29 is 0 Å². The number of thiazole rings is 1. The fourth-order valence-electron chi connectivity index (χ4n) is 3.60. The first kappa shape index (κ1) is 16.2. The van der Waals surface area contributed by atoms with E-state index in [0.29, 0.717) is 5.88 Å². The van der Waals surface area contributed by atoms with Crippen LogP contribution in [0.2, 0.25) is 0 Å². The van der Waals surface area contributed by atoms with E-state index in [0.717, 1.165) is 15.0 Å². The summed E-state index contributed by atoms with van der Waals surface area (Å²) < 4.78 is 2.26. The van der Waals surface area contributed by atoms with Crippen LogP contribution in [0.4, 0.5) is 0 Å². The minimum atomic E-state index is 0.494. The Bertz CT molecular complexity index is 1230. The van der Waals surface area contributed by atoms with Crippen LogP contribution < -0.4 is 0 Å². The first-order valence-electron chi connectivity index (χ1n) is 8.31. The van der Waals surface area contributed by atoms with E-state index in [9.17, 15) is 0 Å². The van der Waals surface area contributed by atoms with Crippen LogP contribution in [0.15, 0.2) is 71.2 Å². The molecule has 0 saturated carbocycles. The lowest BCUT2D eigenvalue weighted by Gasteiger charge is -2.14. The molecule has 0 unspecified atom stereocenters. The van der Waals surface area contributed by atoms with Crippen molar-refractivity contribution in [2.45, 2.75) is 5.88 Å². The molecule has 0 fully saturated rings. The molecule has 0 aliphatic carbocycles. The summed E-state index contributed by atoms with van der Waals surface area (Å²) in [5.41, 5.74) is 3.41. The topological polar surface area (TPSA) is 12.9 Å². The van der Waals surface area contributed by atoms with E-state index in [2.05, 4.69) is 76.6 Å². The number of hydrogen-bond donors (Lipinski definition) is 0. The van der Waals surface area contributed by atoms with Gasteiger partial charge in [0.25, 0.3) is 0 Å². The second-order valence-corrected chi connectivity index (χ2v) is 8.42. The Balaban J connectivity index is 1.96. The average molecular weight is 439 g/mol. The summed E-state index contributed by atoms with van der Waals surface area (Å²) in [4.78, 5) is 4.94. The molecule has 5 aromatic rings. The lowest BCUT2D eigenvalue weighted by molar-refractivity contribution is 1.47. The Labute approximate surface area is 168 Å². The van der Waals surface area contributed by atoms with Crippen LogP contribution in [0.5, 0.6) is 0 Å². The molecule has 26 heavy (non-hydrogen) atoms. The van der Waals surface area contributed by atoms with Crippen LogP contribution in [0.25, 0.3) is 42.3 Å². The van der Waals surface area contributed by atoms with Gasteiger partial charge >= 0.3 is 0 Å². The lowest BCUT2D eigenvalue weighted by atomic mass is 9.92. The van der Waals surface area contributed by atoms with Crippen molar-refractivity contribution in [1.82, 2.24) is 4.98 Å². The third kappa shape index (κ3) is 2.46. The van der Waals surface area contributed by atoms with Gasteiger partial charge in [0, 0.05) is 15.9 Å². The van der Waals surface area contributed by atoms with Gasteiger partial charge in [-0.2, -0.15) is 0 Å². The molecule has 1 aromatic heterocycles. The predicted molar refractivity (Wildman–Crippen MR) is 117 cm³/mol. The van der Waals surface area contributed by atoms with Gasteiger partial charge in [0.05, 0.1) is 10.2 Å². The number of fused-ring (bicyclic) bond motifs is 3. The van der Waals surface area contributed by atoms with Crippen molar-refractivity contribution in [1.29, 1.82) is 0 Å². The second-order valence-electron chi connectivity index (χ2n) is 6.21. The molecule has 1 heterocycles. The van der Waals surface area contributed by atoms with Gasteiger partial charge in [-0.3, -0.25) is 0 Å². The normalized spacial score (nSPS) is 11.6. The van der Waals surface area contributed by atoms with E-state index < -0.39 is 0 Å². The molecule has 0 aliphatic heterocycles. The predicted octanol–water partition coefficient (Wildman–Crippen LogP) is 7.77. The highest BCUT2D eigenvalue weighted by atomic mass is 79.9. The molecule has 0 amide bonds. The van der Waals surface area contributed by atoms with E-state index in [1.54, 1.807) is 11.3 Å². The monoisotopic (exact) mass is 437 g/mol. The molecule has 126 valence electrons. The second kappa shape index (κ2) is 6.34. The highest BCUT2D eigenvalue weighted by Gasteiger charge is 2.17. The molecule has 0 aliphatic rings. The minimum Gasteiger partial charge on any atom is -0.236 e. The molecule has 0 atom stereocenters. The molecule has 0 bridgehead atoms. The van der Waals surface area contributed by atoms with Crippen molar-refractivity contribution >= 4 is 70.6 Å². The molecule has 5 rings (SSSR count). The molecular formula is C22H13BrClNS. The van der Waals surface area contributed by atoms with Crippen LogP contribution in [0.1, 0.15) is 5.56 Å². The highest BCUT2D eigenvalue weighted by molar-refractivity contribution is 9.10. The van der Waals surface area contributed by atoms with Crippen molar-refractivity contribution in [3.8, 4) is 10.6 Å². The van der Waals surface area contributed by atoms with Gasteiger partial charge in [-0.1, -0.05) is 64.5 Å². The maximum Gasteiger partial charge on any atom is 0.125 e. The number of aromatic nitrogens is 1. The molecule has 0 saturated heterocycles. The van der Waals surface area contributed by atoms with E-state index >= 15 is 0 Å². The summed E-state index contributed by atoms with van der Waals surface area (Å²) in [5, 5.41) is 5.87. The molecule has 0 radical (unpaired) electrons. The van der Waals surface area contributed by atoms with Gasteiger partial charge in [0.1, 0.15) is 5.01 Å². The summed E-state index contributed by atoms with van der Waals surface area (Å²) >= 11 is 11.6. The minimum absolute atomic E-state index is 0.494. The number of benzene rings is 4. The van der Waals surface area contributed by atoms with E-state index in [1.807, 2.05) is 6.07 Å².